The van der Waals surface area contributed by atoms with Crippen molar-refractivity contribution in [2.45, 2.75) is 19.8 Å². The number of fused-ring (bicyclic) bond motifs is 1. The van der Waals surface area contributed by atoms with Gasteiger partial charge in [0.2, 0.25) is 5.88 Å². The number of nitrogens with zero attached hydrogens (tertiary/aromatic N) is 3. The molecule has 2 aromatic heterocycles. The minimum atomic E-state index is 0.0201. The lowest BCUT2D eigenvalue weighted by atomic mass is 9.97. The molecule has 1 aromatic carbocycles. The molecule has 5 nitrogen and oxygen atoms in total. The number of carbonyl (C=O) groups excluding carboxylic acids is 1. The summed E-state index contributed by atoms with van der Waals surface area (Å²) >= 11 is 0. The van der Waals surface area contributed by atoms with Gasteiger partial charge in [0.1, 0.15) is 5.69 Å². The van der Waals surface area contributed by atoms with E-state index in [1.54, 1.807) is 12.4 Å². The van der Waals surface area contributed by atoms with E-state index in [1.165, 1.54) is 0 Å². The van der Waals surface area contributed by atoms with Gasteiger partial charge in [-0.3, -0.25) is 9.78 Å². The van der Waals surface area contributed by atoms with E-state index in [2.05, 4.69) is 9.97 Å². The second kappa shape index (κ2) is 7.74. The van der Waals surface area contributed by atoms with Crippen LogP contribution < -0.4 is 4.74 Å². The summed E-state index contributed by atoms with van der Waals surface area (Å²) in [5.74, 6) is 1.17. The third-order valence-corrected chi connectivity index (χ3v) is 5.20. The van der Waals surface area contributed by atoms with Crippen LogP contribution in [0.2, 0.25) is 0 Å². The summed E-state index contributed by atoms with van der Waals surface area (Å²) in [5.41, 5.74) is 1.60. The molecule has 4 rings (SSSR count). The lowest BCUT2D eigenvalue weighted by molar-refractivity contribution is 0.0655. The standard InChI is InChI=1S/C22H23N3O2/c1-16-5-4-11-24-21(16)27-15-17-9-13-25(14-10-17)22(26)20-19-7-3-2-6-18(19)8-12-23-20/h2-8,11-12,17H,9-10,13-15H2,1H3. The Kier molecular flexibility index (Phi) is 5.01. The molecule has 27 heavy (non-hydrogen) atoms. The molecule has 1 aliphatic rings. The molecule has 3 aromatic rings. The average Bonchev–Trinajstić information content (AvgIpc) is 2.73. The molecular formula is C22H23N3O2. The highest BCUT2D eigenvalue weighted by molar-refractivity contribution is 6.05. The lowest BCUT2D eigenvalue weighted by Gasteiger charge is -2.31. The number of ether oxygens (including phenoxy) is 1. The van der Waals surface area contributed by atoms with Crippen LogP contribution in [0.4, 0.5) is 0 Å². The Morgan fingerprint density at radius 2 is 1.89 bits per heavy atom. The second-order valence-corrected chi connectivity index (χ2v) is 7.05. The maximum Gasteiger partial charge on any atom is 0.273 e. The first-order valence-corrected chi connectivity index (χ1v) is 9.40. The van der Waals surface area contributed by atoms with Gasteiger partial charge in [0, 0.05) is 36.4 Å². The van der Waals surface area contributed by atoms with Crippen molar-refractivity contribution < 1.29 is 9.53 Å². The van der Waals surface area contributed by atoms with Crippen LogP contribution in [-0.2, 0) is 0 Å². The van der Waals surface area contributed by atoms with E-state index < -0.39 is 0 Å². The van der Waals surface area contributed by atoms with Crippen LogP contribution in [-0.4, -0.2) is 40.5 Å². The maximum absolute atomic E-state index is 13.0. The fourth-order valence-electron chi connectivity index (χ4n) is 3.56. The SMILES string of the molecule is Cc1cccnc1OCC1CCN(C(=O)c2nccc3ccccc23)CC1. The van der Waals surface area contributed by atoms with Crippen LogP contribution in [0, 0.1) is 12.8 Å². The van der Waals surface area contributed by atoms with Crippen molar-refractivity contribution in [3.63, 3.8) is 0 Å². The number of hydrogen-bond acceptors (Lipinski definition) is 4. The van der Waals surface area contributed by atoms with Crippen LogP contribution in [0.1, 0.15) is 28.9 Å². The smallest absolute Gasteiger partial charge is 0.273 e. The summed E-state index contributed by atoms with van der Waals surface area (Å²) in [6.45, 7) is 4.12. The molecule has 0 saturated carbocycles. The molecular weight excluding hydrogens is 338 g/mol. The largest absolute Gasteiger partial charge is 0.477 e. The highest BCUT2D eigenvalue weighted by atomic mass is 16.5. The molecule has 1 fully saturated rings. The highest BCUT2D eigenvalue weighted by Gasteiger charge is 2.26. The van der Waals surface area contributed by atoms with Gasteiger partial charge in [-0.05, 0) is 43.2 Å². The van der Waals surface area contributed by atoms with Crippen molar-refractivity contribution in [3.8, 4) is 5.88 Å². The zero-order valence-electron chi connectivity index (χ0n) is 15.5. The van der Waals surface area contributed by atoms with Crippen molar-refractivity contribution in [2.75, 3.05) is 19.7 Å². The van der Waals surface area contributed by atoms with Gasteiger partial charge in [-0.1, -0.05) is 30.3 Å². The molecule has 5 heteroatoms. The zero-order chi connectivity index (χ0) is 18.6. The molecule has 3 heterocycles. The van der Waals surface area contributed by atoms with E-state index in [0.29, 0.717) is 24.1 Å². The summed E-state index contributed by atoms with van der Waals surface area (Å²) in [6, 6.07) is 13.8. The minimum Gasteiger partial charge on any atom is -0.477 e. The summed E-state index contributed by atoms with van der Waals surface area (Å²) in [6.07, 6.45) is 5.33. The number of aryl methyl sites for hydroxylation is 1. The van der Waals surface area contributed by atoms with E-state index in [0.717, 1.165) is 42.3 Å². The van der Waals surface area contributed by atoms with Crippen molar-refractivity contribution in [1.29, 1.82) is 0 Å². The van der Waals surface area contributed by atoms with Crippen LogP contribution in [0.3, 0.4) is 0 Å². The van der Waals surface area contributed by atoms with Gasteiger partial charge >= 0.3 is 0 Å². The van der Waals surface area contributed by atoms with Crippen molar-refractivity contribution in [2.24, 2.45) is 5.92 Å². The van der Waals surface area contributed by atoms with Crippen LogP contribution in [0.5, 0.6) is 5.88 Å². The van der Waals surface area contributed by atoms with E-state index in [9.17, 15) is 4.79 Å². The number of amides is 1. The molecule has 1 saturated heterocycles. The summed E-state index contributed by atoms with van der Waals surface area (Å²) in [7, 11) is 0. The third kappa shape index (κ3) is 3.77. The highest BCUT2D eigenvalue weighted by Crippen LogP contribution is 2.23. The van der Waals surface area contributed by atoms with E-state index in [4.69, 9.17) is 4.74 Å². The van der Waals surface area contributed by atoms with Gasteiger partial charge < -0.3 is 9.64 Å². The van der Waals surface area contributed by atoms with E-state index in [-0.39, 0.29) is 5.91 Å². The van der Waals surface area contributed by atoms with Crippen LogP contribution >= 0.6 is 0 Å². The Morgan fingerprint density at radius 3 is 2.70 bits per heavy atom. The third-order valence-electron chi connectivity index (χ3n) is 5.20. The molecule has 0 radical (unpaired) electrons. The molecule has 0 spiro atoms. The molecule has 0 unspecified atom stereocenters. The van der Waals surface area contributed by atoms with Crippen LogP contribution in [0.25, 0.3) is 10.8 Å². The Morgan fingerprint density at radius 1 is 1.07 bits per heavy atom. The minimum absolute atomic E-state index is 0.0201. The van der Waals surface area contributed by atoms with Gasteiger partial charge in [-0.2, -0.15) is 0 Å². The molecule has 0 bridgehead atoms. The summed E-state index contributed by atoms with van der Waals surface area (Å²) in [5, 5.41) is 1.96. The summed E-state index contributed by atoms with van der Waals surface area (Å²) in [4.78, 5) is 23.5. The Balaban J connectivity index is 1.37. The van der Waals surface area contributed by atoms with Crippen molar-refractivity contribution in [3.05, 3.63) is 66.1 Å². The van der Waals surface area contributed by atoms with Crippen LogP contribution in [0.15, 0.2) is 54.9 Å². The number of aromatic nitrogens is 2. The predicted molar refractivity (Wildman–Crippen MR) is 105 cm³/mol. The predicted octanol–water partition coefficient (Wildman–Crippen LogP) is 3.87. The first-order valence-electron chi connectivity index (χ1n) is 9.40. The van der Waals surface area contributed by atoms with Gasteiger partial charge in [0.05, 0.1) is 6.61 Å². The van der Waals surface area contributed by atoms with Crippen molar-refractivity contribution in [1.82, 2.24) is 14.9 Å². The van der Waals surface area contributed by atoms with Gasteiger partial charge in [-0.15, -0.1) is 0 Å². The number of likely N-dealkylation sites (tertiary alicyclic amines) is 1. The number of piperidine rings is 1. The molecule has 0 aliphatic carbocycles. The number of carbonyl (C=O) groups is 1. The number of benzene rings is 1. The molecule has 0 atom stereocenters. The number of pyridine rings is 2. The molecule has 1 amide bonds. The van der Waals surface area contributed by atoms with Crippen molar-refractivity contribution >= 4 is 16.7 Å². The zero-order valence-corrected chi connectivity index (χ0v) is 15.5. The quantitative estimate of drug-likeness (QED) is 0.708. The fraction of sp³-hybridized carbons (Fsp3) is 0.318. The average molecular weight is 361 g/mol. The van der Waals surface area contributed by atoms with E-state index in [1.807, 2.05) is 54.3 Å². The first kappa shape index (κ1) is 17.5. The Bertz CT molecular complexity index is 944. The Labute approximate surface area is 159 Å². The maximum atomic E-state index is 13.0. The van der Waals surface area contributed by atoms with Gasteiger partial charge in [-0.25, -0.2) is 4.98 Å². The van der Waals surface area contributed by atoms with Gasteiger partial charge in [0.25, 0.3) is 5.91 Å². The topological polar surface area (TPSA) is 55.3 Å². The lowest BCUT2D eigenvalue weighted by Crippen LogP contribution is -2.40. The molecule has 138 valence electrons. The molecule has 0 N–H and O–H groups in total. The first-order chi connectivity index (χ1) is 13.2. The monoisotopic (exact) mass is 361 g/mol. The Hall–Kier alpha value is -2.95. The summed E-state index contributed by atoms with van der Waals surface area (Å²) < 4.78 is 5.89. The van der Waals surface area contributed by atoms with E-state index >= 15 is 0 Å². The fourth-order valence-corrected chi connectivity index (χ4v) is 3.56. The second-order valence-electron chi connectivity index (χ2n) is 7.05. The normalized spacial score (nSPS) is 15.1. The number of hydrogen-bond donors (Lipinski definition) is 0. The number of rotatable bonds is 4. The van der Waals surface area contributed by atoms with Gasteiger partial charge in [0.15, 0.2) is 0 Å². The molecule has 1 aliphatic heterocycles.